The molecule has 0 aliphatic carbocycles. The Morgan fingerprint density at radius 1 is 1.43 bits per heavy atom. The highest BCUT2D eigenvalue weighted by Gasteiger charge is 2.34. The number of esters is 1. The van der Waals surface area contributed by atoms with Gasteiger partial charge in [0.05, 0.1) is 25.3 Å². The van der Waals surface area contributed by atoms with E-state index in [1.54, 1.807) is 13.8 Å². The number of benzene rings is 1. The van der Waals surface area contributed by atoms with Gasteiger partial charge >= 0.3 is 12.0 Å². The van der Waals surface area contributed by atoms with Crippen LogP contribution in [-0.4, -0.2) is 30.8 Å². The van der Waals surface area contributed by atoms with Crippen LogP contribution < -0.4 is 15.4 Å². The molecule has 1 unspecified atom stereocenters. The van der Waals surface area contributed by atoms with Crippen LogP contribution >= 0.6 is 11.6 Å². The predicted molar refractivity (Wildman–Crippen MR) is 83.4 cm³/mol. The number of nitrogens with one attached hydrogen (secondary N) is 2. The van der Waals surface area contributed by atoms with Crippen LogP contribution in [0.15, 0.2) is 23.4 Å². The summed E-state index contributed by atoms with van der Waals surface area (Å²) >= 11 is 6.03. The summed E-state index contributed by atoms with van der Waals surface area (Å²) in [5.41, 5.74) is 0.771. The van der Waals surface area contributed by atoms with Gasteiger partial charge in [-0.15, -0.1) is 0 Å². The van der Waals surface area contributed by atoms with E-state index in [1.165, 1.54) is 19.2 Å². The highest BCUT2D eigenvalue weighted by Crippen LogP contribution is 2.40. The molecule has 7 nitrogen and oxygen atoms in total. The van der Waals surface area contributed by atoms with Gasteiger partial charge in [-0.25, -0.2) is 9.59 Å². The number of hydrogen-bond acceptors (Lipinski definition) is 5. The SMILES string of the molecule is CCOC(=O)C1=C(C)NC(=O)NC1c1cc(Cl)cc(OC)c1O. The van der Waals surface area contributed by atoms with Crippen molar-refractivity contribution in [1.82, 2.24) is 10.6 Å². The fourth-order valence-corrected chi connectivity index (χ4v) is 2.59. The maximum absolute atomic E-state index is 12.2. The largest absolute Gasteiger partial charge is 0.504 e. The lowest BCUT2D eigenvalue weighted by Crippen LogP contribution is -2.45. The molecule has 2 amide bonds. The number of allylic oxidation sites excluding steroid dienone is 1. The number of hydrogen-bond donors (Lipinski definition) is 3. The monoisotopic (exact) mass is 340 g/mol. The highest BCUT2D eigenvalue weighted by molar-refractivity contribution is 6.30. The van der Waals surface area contributed by atoms with Crippen molar-refractivity contribution in [3.05, 3.63) is 34.0 Å². The van der Waals surface area contributed by atoms with Crippen molar-refractivity contribution in [3.63, 3.8) is 0 Å². The van der Waals surface area contributed by atoms with Gasteiger partial charge in [0.25, 0.3) is 0 Å². The summed E-state index contributed by atoms with van der Waals surface area (Å²) in [5.74, 6) is -0.666. The van der Waals surface area contributed by atoms with E-state index < -0.39 is 18.0 Å². The highest BCUT2D eigenvalue weighted by atomic mass is 35.5. The van der Waals surface area contributed by atoms with Gasteiger partial charge in [0.15, 0.2) is 11.5 Å². The van der Waals surface area contributed by atoms with Crippen LogP contribution in [0.5, 0.6) is 11.5 Å². The molecule has 1 atom stereocenters. The van der Waals surface area contributed by atoms with Crippen LogP contribution in [0.25, 0.3) is 0 Å². The van der Waals surface area contributed by atoms with Gasteiger partial charge in [-0.3, -0.25) is 0 Å². The van der Waals surface area contributed by atoms with Gasteiger partial charge in [0.1, 0.15) is 0 Å². The van der Waals surface area contributed by atoms with Crippen molar-refractivity contribution < 1.29 is 24.2 Å². The standard InChI is InChI=1S/C15H17ClN2O5/c1-4-23-14(20)11-7(2)17-15(21)18-12(11)9-5-8(16)6-10(22-3)13(9)19/h5-6,12,19H,4H2,1-3H3,(H2,17,18,21). The van der Waals surface area contributed by atoms with Gasteiger partial charge in [0.2, 0.25) is 0 Å². The number of phenols is 1. The molecule has 8 heteroatoms. The normalized spacial score (nSPS) is 17.4. The Balaban J connectivity index is 2.59. The fraction of sp³-hybridized carbons (Fsp3) is 0.333. The van der Waals surface area contributed by atoms with E-state index in [2.05, 4.69) is 10.6 Å². The molecule has 1 aliphatic rings. The lowest BCUT2D eigenvalue weighted by Gasteiger charge is -2.28. The van der Waals surface area contributed by atoms with Crippen molar-refractivity contribution in [2.45, 2.75) is 19.9 Å². The van der Waals surface area contributed by atoms with E-state index in [-0.39, 0.29) is 29.2 Å². The molecule has 1 aromatic carbocycles. The van der Waals surface area contributed by atoms with E-state index in [0.29, 0.717) is 10.7 Å². The van der Waals surface area contributed by atoms with Crippen molar-refractivity contribution in [1.29, 1.82) is 0 Å². The van der Waals surface area contributed by atoms with Crippen LogP contribution in [0, 0.1) is 0 Å². The third-order valence-corrected chi connectivity index (χ3v) is 3.58. The first-order chi connectivity index (χ1) is 10.9. The molecule has 23 heavy (non-hydrogen) atoms. The number of halogens is 1. The second kappa shape index (κ2) is 6.78. The number of urea groups is 1. The molecule has 0 saturated heterocycles. The Bertz CT molecular complexity index is 687. The number of phenolic OH excluding ortho intramolecular Hbond substituents is 1. The number of amides is 2. The van der Waals surface area contributed by atoms with E-state index in [1.807, 2.05) is 0 Å². The molecule has 1 aliphatic heterocycles. The topological polar surface area (TPSA) is 96.9 Å². The summed E-state index contributed by atoms with van der Waals surface area (Å²) in [6, 6.07) is 1.49. The van der Waals surface area contributed by atoms with E-state index in [4.69, 9.17) is 21.1 Å². The number of aromatic hydroxyl groups is 1. The first kappa shape index (κ1) is 17.0. The zero-order valence-electron chi connectivity index (χ0n) is 12.9. The van der Waals surface area contributed by atoms with Crippen LogP contribution in [0.1, 0.15) is 25.5 Å². The second-order valence-electron chi connectivity index (χ2n) is 4.84. The zero-order valence-corrected chi connectivity index (χ0v) is 13.7. The van der Waals surface area contributed by atoms with Crippen molar-refractivity contribution in [3.8, 4) is 11.5 Å². The van der Waals surface area contributed by atoms with Crippen LogP contribution in [0.2, 0.25) is 5.02 Å². The molecule has 2 rings (SSSR count). The number of ether oxygens (including phenoxy) is 2. The maximum atomic E-state index is 12.2. The molecular weight excluding hydrogens is 324 g/mol. The predicted octanol–water partition coefficient (Wildman–Crippen LogP) is 2.25. The lowest BCUT2D eigenvalue weighted by atomic mass is 9.94. The third-order valence-electron chi connectivity index (χ3n) is 3.36. The average Bonchev–Trinajstić information content (AvgIpc) is 2.48. The molecule has 3 N–H and O–H groups in total. The molecule has 0 fully saturated rings. The average molecular weight is 341 g/mol. The fourth-order valence-electron chi connectivity index (χ4n) is 2.38. The Morgan fingerprint density at radius 3 is 2.74 bits per heavy atom. The van der Waals surface area contributed by atoms with Gasteiger partial charge in [-0.1, -0.05) is 11.6 Å². The molecule has 0 spiro atoms. The number of rotatable bonds is 4. The van der Waals surface area contributed by atoms with E-state index >= 15 is 0 Å². The molecule has 1 aromatic rings. The van der Waals surface area contributed by atoms with Crippen LogP contribution in [-0.2, 0) is 9.53 Å². The smallest absolute Gasteiger partial charge is 0.338 e. The Hall–Kier alpha value is -2.41. The van der Waals surface area contributed by atoms with E-state index in [0.717, 1.165) is 0 Å². The van der Waals surface area contributed by atoms with Crippen molar-refractivity contribution in [2.24, 2.45) is 0 Å². The number of carbonyl (C=O) groups excluding carboxylic acids is 2. The summed E-state index contributed by atoms with van der Waals surface area (Å²) in [6.07, 6.45) is 0. The molecular formula is C15H17ClN2O5. The summed E-state index contributed by atoms with van der Waals surface area (Å²) in [5, 5.41) is 15.7. The molecule has 124 valence electrons. The molecule has 0 aromatic heterocycles. The minimum absolute atomic E-state index is 0.140. The Labute approximate surface area is 138 Å². The van der Waals surface area contributed by atoms with Gasteiger partial charge < -0.3 is 25.2 Å². The molecule has 0 saturated carbocycles. The minimum atomic E-state index is -0.907. The quantitative estimate of drug-likeness (QED) is 0.730. The molecule has 0 bridgehead atoms. The van der Waals surface area contributed by atoms with Gasteiger partial charge in [0, 0.05) is 22.3 Å². The Kier molecular flexibility index (Phi) is 5.00. The summed E-state index contributed by atoms with van der Waals surface area (Å²) in [7, 11) is 1.38. The summed E-state index contributed by atoms with van der Waals surface area (Å²) in [6.45, 7) is 3.44. The van der Waals surface area contributed by atoms with Crippen molar-refractivity contribution in [2.75, 3.05) is 13.7 Å². The Morgan fingerprint density at radius 2 is 2.13 bits per heavy atom. The molecule has 1 heterocycles. The summed E-state index contributed by atoms with van der Waals surface area (Å²) in [4.78, 5) is 24.0. The first-order valence-electron chi connectivity index (χ1n) is 6.90. The van der Waals surface area contributed by atoms with Crippen LogP contribution in [0.4, 0.5) is 4.79 Å². The second-order valence-corrected chi connectivity index (χ2v) is 5.27. The van der Waals surface area contributed by atoms with Crippen molar-refractivity contribution >= 4 is 23.6 Å². The third kappa shape index (κ3) is 3.34. The number of methoxy groups -OCH3 is 1. The van der Waals surface area contributed by atoms with Gasteiger partial charge in [-0.2, -0.15) is 0 Å². The molecule has 0 radical (unpaired) electrons. The van der Waals surface area contributed by atoms with Gasteiger partial charge in [-0.05, 0) is 19.9 Å². The lowest BCUT2D eigenvalue weighted by molar-refractivity contribution is -0.139. The number of carbonyl (C=O) groups is 2. The maximum Gasteiger partial charge on any atom is 0.338 e. The van der Waals surface area contributed by atoms with E-state index in [9.17, 15) is 14.7 Å². The zero-order chi connectivity index (χ0) is 17.1. The summed E-state index contributed by atoms with van der Waals surface area (Å²) < 4.78 is 10.1. The minimum Gasteiger partial charge on any atom is -0.504 e. The van der Waals surface area contributed by atoms with Crippen LogP contribution in [0.3, 0.4) is 0 Å². The first-order valence-corrected chi connectivity index (χ1v) is 7.28.